The lowest BCUT2D eigenvalue weighted by atomic mass is 10.3. The maximum atomic E-state index is 13.5. The Balaban J connectivity index is 2.39. The Labute approximate surface area is 130 Å². The predicted molar refractivity (Wildman–Crippen MR) is 76.2 cm³/mol. The van der Waals surface area contributed by atoms with Crippen molar-refractivity contribution in [2.45, 2.75) is 37.4 Å². The Bertz CT molecular complexity index is 645. The number of aliphatic hydroxyl groups excluding tert-OH is 1. The first-order valence-electron chi connectivity index (χ1n) is 6.55. The Morgan fingerprint density at radius 1 is 1.68 bits per heavy atom. The second-order valence-corrected chi connectivity index (χ2v) is 5.84. The van der Waals surface area contributed by atoms with Crippen LogP contribution in [0.25, 0.3) is 0 Å². The molecule has 10 heteroatoms. The number of thiol groups is 1. The van der Waals surface area contributed by atoms with Gasteiger partial charge in [-0.2, -0.15) is 4.39 Å². The van der Waals surface area contributed by atoms with E-state index in [1.54, 1.807) is 13.8 Å². The molecule has 1 saturated heterocycles. The predicted octanol–water partition coefficient (Wildman–Crippen LogP) is -0.409. The second-order valence-electron chi connectivity index (χ2n) is 5.03. The summed E-state index contributed by atoms with van der Waals surface area (Å²) in [5.74, 6) is -1.14. The summed E-state index contributed by atoms with van der Waals surface area (Å²) in [5, 5.41) is 7.93. The molecule has 0 saturated carbocycles. The molecule has 1 aliphatic rings. The van der Waals surface area contributed by atoms with E-state index >= 15 is 0 Å². The molecule has 0 spiro atoms. The van der Waals surface area contributed by atoms with E-state index in [4.69, 9.17) is 19.3 Å². The average molecular weight is 336 g/mol. The monoisotopic (exact) mass is 336 g/mol. The maximum Gasteiger partial charge on any atom is 0.330 e. The number of halogens is 1. The molecule has 2 N–H and O–H groups in total. The number of H-pyrrole nitrogens is 1. The smallest absolute Gasteiger partial charge is 0.330 e. The van der Waals surface area contributed by atoms with E-state index in [1.807, 2.05) is 4.98 Å². The molecule has 0 aromatic carbocycles. The number of aliphatic hydroxyl groups is 1. The molecule has 124 valence electrons. The van der Waals surface area contributed by atoms with Gasteiger partial charge in [0.05, 0.1) is 25.5 Å². The zero-order valence-electron chi connectivity index (χ0n) is 12.0. The first-order valence-corrected chi connectivity index (χ1v) is 6.99. The number of nitrogens with zero attached hydrogens (tertiary/aromatic N) is 1. The van der Waals surface area contributed by atoms with Crippen LogP contribution < -0.4 is 11.2 Å². The first-order chi connectivity index (χ1) is 10.2. The number of hydrogen-bond acceptors (Lipinski definition) is 7. The van der Waals surface area contributed by atoms with Crippen molar-refractivity contribution in [1.29, 1.82) is 0 Å². The third-order valence-corrected chi connectivity index (χ3v) is 3.27. The van der Waals surface area contributed by atoms with E-state index in [9.17, 15) is 14.0 Å². The normalized spacial score (nSPS) is 27.8. The Hall–Kier alpha value is -1.20. The van der Waals surface area contributed by atoms with Crippen LogP contribution >= 0.6 is 12.6 Å². The largest absolute Gasteiger partial charge is 0.394 e. The highest BCUT2D eigenvalue weighted by atomic mass is 32.1. The summed E-state index contributed by atoms with van der Waals surface area (Å²) in [6.45, 7) is 2.84. The fraction of sp³-hybridized carbons (Fsp3) is 0.667. The van der Waals surface area contributed by atoms with Crippen molar-refractivity contribution in [2.75, 3.05) is 13.2 Å². The van der Waals surface area contributed by atoms with Crippen LogP contribution in [-0.4, -0.2) is 45.2 Å². The van der Waals surface area contributed by atoms with Gasteiger partial charge in [0.15, 0.2) is 6.23 Å². The van der Waals surface area contributed by atoms with Gasteiger partial charge in [0.25, 0.3) is 5.56 Å². The fourth-order valence-corrected chi connectivity index (χ4v) is 2.20. The van der Waals surface area contributed by atoms with Gasteiger partial charge in [-0.25, -0.2) is 4.79 Å². The van der Waals surface area contributed by atoms with E-state index in [-0.39, 0.29) is 13.2 Å². The van der Waals surface area contributed by atoms with Crippen LogP contribution in [0.5, 0.6) is 0 Å². The van der Waals surface area contributed by atoms with E-state index in [0.717, 1.165) is 10.8 Å². The van der Waals surface area contributed by atoms with Crippen molar-refractivity contribution < 1.29 is 23.7 Å². The molecule has 4 atom stereocenters. The molecule has 0 radical (unpaired) electrons. The minimum absolute atomic E-state index is 0.0377. The standard InChI is InChI=1S/C12H17FN2O6S/c1-6(4-16)20-10(8-5-19-12(2,22)21-8)15-3-7(13)9(17)14-11(15)18/h3,6,8,10,16,22H,4-5H2,1-2H3,(H,14,17,18). The fourth-order valence-electron chi connectivity index (χ4n) is 1.99. The molecule has 1 aromatic heterocycles. The van der Waals surface area contributed by atoms with Crippen LogP contribution in [0.3, 0.4) is 0 Å². The van der Waals surface area contributed by atoms with Gasteiger partial charge < -0.3 is 19.3 Å². The number of aromatic nitrogens is 2. The van der Waals surface area contributed by atoms with Crippen LogP contribution in [0, 0.1) is 5.82 Å². The molecular formula is C12H17FN2O6S. The lowest BCUT2D eigenvalue weighted by molar-refractivity contribution is -0.150. The van der Waals surface area contributed by atoms with Crippen molar-refractivity contribution in [2.24, 2.45) is 0 Å². The minimum atomic E-state index is -1.18. The first kappa shape index (κ1) is 17.2. The molecule has 0 aliphatic carbocycles. The van der Waals surface area contributed by atoms with Crippen LogP contribution in [0.2, 0.25) is 0 Å². The molecule has 2 rings (SSSR count). The van der Waals surface area contributed by atoms with Crippen LogP contribution in [0.15, 0.2) is 15.8 Å². The highest BCUT2D eigenvalue weighted by Crippen LogP contribution is 2.32. The van der Waals surface area contributed by atoms with Gasteiger partial charge >= 0.3 is 5.69 Å². The summed E-state index contributed by atoms with van der Waals surface area (Å²) < 4.78 is 30.6. The molecular weight excluding hydrogens is 319 g/mol. The zero-order valence-corrected chi connectivity index (χ0v) is 12.9. The number of aromatic amines is 1. The third-order valence-electron chi connectivity index (χ3n) is 3.03. The number of hydrogen-bond donors (Lipinski definition) is 3. The molecule has 8 nitrogen and oxygen atoms in total. The average Bonchev–Trinajstić information content (AvgIpc) is 2.80. The quantitative estimate of drug-likeness (QED) is 0.632. The Morgan fingerprint density at radius 3 is 2.91 bits per heavy atom. The van der Waals surface area contributed by atoms with Crippen molar-refractivity contribution in [1.82, 2.24) is 9.55 Å². The molecule has 22 heavy (non-hydrogen) atoms. The topological polar surface area (TPSA) is 103 Å². The third kappa shape index (κ3) is 3.76. The molecule has 1 aromatic rings. The van der Waals surface area contributed by atoms with Gasteiger partial charge in [0.1, 0.15) is 6.10 Å². The Kier molecular flexibility index (Phi) is 5.07. The molecule has 0 bridgehead atoms. The zero-order chi connectivity index (χ0) is 16.5. The number of ether oxygens (including phenoxy) is 3. The lowest BCUT2D eigenvalue weighted by Crippen LogP contribution is -2.41. The number of rotatable bonds is 5. The van der Waals surface area contributed by atoms with Crippen LogP contribution in [-0.2, 0) is 14.2 Å². The molecule has 1 fully saturated rings. The maximum absolute atomic E-state index is 13.5. The molecule has 1 aliphatic heterocycles. The van der Waals surface area contributed by atoms with Gasteiger partial charge in [-0.15, -0.1) is 12.6 Å². The van der Waals surface area contributed by atoms with Crippen molar-refractivity contribution in [3.8, 4) is 0 Å². The van der Waals surface area contributed by atoms with Gasteiger partial charge in [0.2, 0.25) is 10.9 Å². The highest BCUT2D eigenvalue weighted by Gasteiger charge is 2.40. The van der Waals surface area contributed by atoms with Crippen LogP contribution in [0.1, 0.15) is 20.1 Å². The van der Waals surface area contributed by atoms with Gasteiger partial charge in [-0.05, 0) is 13.8 Å². The summed E-state index contributed by atoms with van der Waals surface area (Å²) in [6, 6.07) is 0. The van der Waals surface area contributed by atoms with Crippen LogP contribution in [0.4, 0.5) is 4.39 Å². The minimum Gasteiger partial charge on any atom is -0.394 e. The van der Waals surface area contributed by atoms with Gasteiger partial charge in [-0.1, -0.05) is 0 Å². The summed E-state index contributed by atoms with van der Waals surface area (Å²) in [7, 11) is 0. The highest BCUT2D eigenvalue weighted by molar-refractivity contribution is 7.81. The summed E-state index contributed by atoms with van der Waals surface area (Å²) >= 11 is 4.12. The van der Waals surface area contributed by atoms with E-state index in [2.05, 4.69) is 12.6 Å². The van der Waals surface area contributed by atoms with Crippen molar-refractivity contribution in [3.05, 3.63) is 32.9 Å². The van der Waals surface area contributed by atoms with Crippen molar-refractivity contribution >= 4 is 12.6 Å². The summed E-state index contributed by atoms with van der Waals surface area (Å²) in [6.07, 6.45) is -1.80. The van der Waals surface area contributed by atoms with Crippen molar-refractivity contribution in [3.63, 3.8) is 0 Å². The summed E-state index contributed by atoms with van der Waals surface area (Å²) in [5.41, 5.74) is -1.99. The van der Waals surface area contributed by atoms with E-state index in [0.29, 0.717) is 0 Å². The van der Waals surface area contributed by atoms with Gasteiger partial charge in [0, 0.05) is 0 Å². The lowest BCUT2D eigenvalue weighted by Gasteiger charge is -2.27. The Morgan fingerprint density at radius 2 is 2.36 bits per heavy atom. The molecule has 0 amide bonds. The number of nitrogens with one attached hydrogen (secondary N) is 1. The van der Waals surface area contributed by atoms with E-state index in [1.165, 1.54) is 0 Å². The van der Waals surface area contributed by atoms with Gasteiger partial charge in [-0.3, -0.25) is 14.3 Å². The molecule has 2 heterocycles. The summed E-state index contributed by atoms with van der Waals surface area (Å²) in [4.78, 5) is 24.9. The SMILES string of the molecule is CC(CO)OC(C1COC(C)(S)O1)n1cc(F)c(=O)[nH]c1=O. The van der Waals surface area contributed by atoms with E-state index < -0.39 is 40.6 Å². The molecule has 4 unspecified atom stereocenters. The second kappa shape index (κ2) is 6.50.